The minimum absolute atomic E-state index is 0.0145. The Morgan fingerprint density at radius 1 is 0.651 bits per heavy atom. The Labute approximate surface area is 242 Å². The van der Waals surface area contributed by atoms with Gasteiger partial charge in [0.1, 0.15) is 51.8 Å². The lowest BCUT2D eigenvalue weighted by atomic mass is 9.96. The van der Waals surface area contributed by atoms with Crippen LogP contribution in [0.4, 0.5) is 48.3 Å². The average molecular weight is 639 g/mol. The van der Waals surface area contributed by atoms with Crippen molar-refractivity contribution in [2.75, 3.05) is 0 Å². The number of ether oxygens (including phenoxy) is 1. The summed E-state index contributed by atoms with van der Waals surface area (Å²) in [4.78, 5) is 0. The first-order valence-electron chi connectivity index (χ1n) is 12.4. The van der Waals surface area contributed by atoms with Gasteiger partial charge >= 0.3 is 12.3 Å². The van der Waals surface area contributed by atoms with Gasteiger partial charge in [-0.05, 0) is 59.9 Å². The third-order valence-electron chi connectivity index (χ3n) is 6.37. The zero-order chi connectivity index (χ0) is 31.9. The Bertz CT molecular complexity index is 1610. The fourth-order valence-electron chi connectivity index (χ4n) is 4.41. The molecule has 0 bridgehead atoms. The van der Waals surface area contributed by atoms with Gasteiger partial charge in [-0.15, -0.1) is 0 Å². The highest BCUT2D eigenvalue weighted by molar-refractivity contribution is 6.33. The van der Waals surface area contributed by atoms with Crippen LogP contribution in [-0.2, 0) is 18.7 Å². The fraction of sp³-hybridized carbons (Fsp3) is 0.200. The van der Waals surface area contributed by atoms with E-state index in [1.165, 1.54) is 12.1 Å². The van der Waals surface area contributed by atoms with Crippen LogP contribution in [0.2, 0.25) is 5.02 Å². The first kappa shape index (κ1) is 32.1. The van der Waals surface area contributed by atoms with E-state index in [2.05, 4.69) is 4.74 Å². The lowest BCUT2D eigenvalue weighted by Gasteiger charge is -2.21. The van der Waals surface area contributed by atoms with Crippen LogP contribution in [-0.4, -0.2) is 0 Å². The number of halogens is 12. The summed E-state index contributed by atoms with van der Waals surface area (Å²) in [5, 5.41) is -0.449. The van der Waals surface area contributed by atoms with Crippen molar-refractivity contribution in [2.24, 2.45) is 0 Å². The molecule has 43 heavy (non-hydrogen) atoms. The van der Waals surface area contributed by atoms with E-state index in [0.717, 1.165) is 25.0 Å². The van der Waals surface area contributed by atoms with E-state index in [1.54, 1.807) is 6.07 Å². The Morgan fingerprint density at radius 3 is 1.72 bits per heavy atom. The summed E-state index contributed by atoms with van der Waals surface area (Å²) in [5.74, 6) is -12.0. The predicted molar refractivity (Wildman–Crippen MR) is 137 cm³/mol. The first-order chi connectivity index (χ1) is 20.0. The van der Waals surface area contributed by atoms with Gasteiger partial charge in [-0.3, -0.25) is 0 Å². The summed E-state index contributed by atoms with van der Waals surface area (Å²) >= 11 is 6.16. The molecule has 0 saturated heterocycles. The number of unbranched alkanes of at least 4 members (excludes halogenated alkanes) is 1. The van der Waals surface area contributed by atoms with Gasteiger partial charge in [0.15, 0.2) is 0 Å². The fourth-order valence-corrected chi connectivity index (χ4v) is 4.72. The molecule has 0 N–H and O–H groups in total. The molecule has 4 aromatic rings. The second-order valence-electron chi connectivity index (χ2n) is 9.43. The molecule has 0 radical (unpaired) electrons. The zero-order valence-electron chi connectivity index (χ0n) is 21.8. The number of alkyl halides is 5. The molecule has 0 aromatic heterocycles. The van der Waals surface area contributed by atoms with Crippen molar-refractivity contribution < 1.29 is 53.0 Å². The van der Waals surface area contributed by atoms with Crippen molar-refractivity contribution in [3.8, 4) is 28.0 Å². The van der Waals surface area contributed by atoms with Gasteiger partial charge < -0.3 is 4.74 Å². The van der Waals surface area contributed by atoms with E-state index in [-0.39, 0.29) is 35.4 Å². The van der Waals surface area contributed by atoms with E-state index in [0.29, 0.717) is 12.0 Å². The molecule has 0 aliphatic carbocycles. The third-order valence-corrected chi connectivity index (χ3v) is 6.67. The normalized spacial score (nSPS) is 12.1. The molecule has 4 rings (SSSR count). The van der Waals surface area contributed by atoms with E-state index >= 15 is 4.39 Å². The number of benzene rings is 4. The Morgan fingerprint density at radius 2 is 1.21 bits per heavy atom. The molecule has 0 fully saturated rings. The molecule has 0 saturated carbocycles. The van der Waals surface area contributed by atoms with Gasteiger partial charge in [-0.1, -0.05) is 37.1 Å². The topological polar surface area (TPSA) is 9.23 Å². The lowest BCUT2D eigenvalue weighted by Crippen LogP contribution is -2.25. The Hall–Kier alpha value is -3.80. The molecule has 13 heteroatoms. The van der Waals surface area contributed by atoms with Gasteiger partial charge in [-0.2, -0.15) is 22.0 Å². The van der Waals surface area contributed by atoms with Crippen molar-refractivity contribution in [3.05, 3.63) is 111 Å². The molecule has 1 nitrogen and oxygen atoms in total. The van der Waals surface area contributed by atoms with Crippen LogP contribution in [0.5, 0.6) is 5.75 Å². The predicted octanol–water partition coefficient (Wildman–Crippen LogP) is 11.0. The van der Waals surface area contributed by atoms with Gasteiger partial charge in [0.05, 0.1) is 5.02 Å². The number of aryl methyl sites for hydroxylation is 1. The van der Waals surface area contributed by atoms with Gasteiger partial charge in [0.25, 0.3) is 0 Å². The smallest absolute Gasteiger partial charge is 0.429 e. The molecule has 0 heterocycles. The second kappa shape index (κ2) is 12.1. The molecule has 0 spiro atoms. The molecule has 4 aromatic carbocycles. The van der Waals surface area contributed by atoms with Crippen molar-refractivity contribution >= 4 is 11.6 Å². The number of rotatable bonds is 8. The van der Waals surface area contributed by atoms with Crippen molar-refractivity contribution in [1.82, 2.24) is 0 Å². The highest BCUT2D eigenvalue weighted by atomic mass is 35.5. The lowest BCUT2D eigenvalue weighted by molar-refractivity contribution is -0.189. The average Bonchev–Trinajstić information content (AvgIpc) is 2.84. The van der Waals surface area contributed by atoms with Crippen LogP contribution < -0.4 is 4.74 Å². The number of hydrogen-bond acceptors (Lipinski definition) is 1. The van der Waals surface area contributed by atoms with Crippen LogP contribution >= 0.6 is 11.6 Å². The summed E-state index contributed by atoms with van der Waals surface area (Å²) in [5.41, 5.74) is -5.06. The zero-order valence-corrected chi connectivity index (χ0v) is 22.5. The Kier molecular flexibility index (Phi) is 9.01. The van der Waals surface area contributed by atoms with Crippen molar-refractivity contribution in [1.29, 1.82) is 0 Å². The van der Waals surface area contributed by atoms with Gasteiger partial charge in [0.2, 0.25) is 0 Å². The van der Waals surface area contributed by atoms with E-state index in [4.69, 9.17) is 11.6 Å². The van der Waals surface area contributed by atoms with E-state index < -0.39 is 80.2 Å². The summed E-state index contributed by atoms with van der Waals surface area (Å²) in [6.07, 6.45) is -8.18. The van der Waals surface area contributed by atoms with Crippen LogP contribution in [0.1, 0.15) is 36.5 Å². The monoisotopic (exact) mass is 638 g/mol. The molecule has 0 amide bonds. The second-order valence-corrected chi connectivity index (χ2v) is 9.83. The summed E-state index contributed by atoms with van der Waals surface area (Å²) in [7, 11) is 0. The highest BCUT2D eigenvalue weighted by Gasteiger charge is 2.43. The molecule has 0 aliphatic rings. The first-order valence-corrected chi connectivity index (χ1v) is 12.8. The Balaban J connectivity index is 1.67. The molecular weight excluding hydrogens is 621 g/mol. The molecule has 0 atom stereocenters. The molecule has 228 valence electrons. The highest BCUT2D eigenvalue weighted by Crippen LogP contribution is 2.42. The summed E-state index contributed by atoms with van der Waals surface area (Å²) in [6.45, 7) is 1.97. The quantitative estimate of drug-likeness (QED) is 0.175. The molecule has 0 aliphatic heterocycles. The van der Waals surface area contributed by atoms with Crippen LogP contribution in [0, 0.1) is 34.9 Å². The summed E-state index contributed by atoms with van der Waals surface area (Å²) < 4.78 is 159. The number of hydrogen-bond donors (Lipinski definition) is 0. The SMILES string of the molecule is CCCCc1ccc(-c2cc(F)c(-c3cc(F)c(C(F)(F)Oc4cc(F)c(C(F)(F)F)c(F)c4)c(F)c3)c(Cl)c2)c(F)c1. The van der Waals surface area contributed by atoms with Gasteiger partial charge in [-0.25, -0.2) is 26.3 Å². The van der Waals surface area contributed by atoms with E-state index in [9.17, 15) is 43.9 Å². The molecule has 0 unspecified atom stereocenters. The van der Waals surface area contributed by atoms with Crippen LogP contribution in [0.3, 0.4) is 0 Å². The van der Waals surface area contributed by atoms with Crippen LogP contribution in [0.15, 0.2) is 54.6 Å². The van der Waals surface area contributed by atoms with Gasteiger partial charge in [0, 0.05) is 23.3 Å². The van der Waals surface area contributed by atoms with Crippen molar-refractivity contribution in [3.63, 3.8) is 0 Å². The van der Waals surface area contributed by atoms with Crippen LogP contribution in [0.25, 0.3) is 22.3 Å². The molecular formula is C30H18ClF11O. The van der Waals surface area contributed by atoms with Crippen molar-refractivity contribution in [2.45, 2.75) is 38.5 Å². The summed E-state index contributed by atoms with van der Waals surface area (Å²) in [6, 6.07) is 6.37. The maximum Gasteiger partial charge on any atom is 0.432 e. The minimum atomic E-state index is -5.51. The maximum absolute atomic E-state index is 15.2. The largest absolute Gasteiger partial charge is 0.432 e. The maximum atomic E-state index is 15.2. The third kappa shape index (κ3) is 6.74. The minimum Gasteiger partial charge on any atom is -0.429 e. The van der Waals surface area contributed by atoms with E-state index in [1.807, 2.05) is 6.92 Å². The standard InChI is InChI=1S/C30H18ClF11O/c1-2-3-4-14-5-6-18(20(32)7-14)15-8-19(31)26(21(33)9-15)16-10-22(34)28(23(35)11-16)30(41,42)43-17-12-24(36)27(25(37)13-17)29(38,39)40/h5-13H,2-4H2,1H3.